The maximum absolute atomic E-state index is 12.7. The van der Waals surface area contributed by atoms with Crippen molar-refractivity contribution < 1.29 is 4.79 Å². The van der Waals surface area contributed by atoms with Crippen LogP contribution in [0.2, 0.25) is 0 Å². The first-order chi connectivity index (χ1) is 16.1. The second-order valence-corrected chi connectivity index (χ2v) is 8.80. The van der Waals surface area contributed by atoms with Crippen LogP contribution in [0.1, 0.15) is 50.8 Å². The number of fused-ring (bicyclic) bond motifs is 1. The van der Waals surface area contributed by atoms with E-state index in [4.69, 9.17) is 0 Å². The van der Waals surface area contributed by atoms with Gasteiger partial charge in [-0.15, -0.1) is 0 Å². The molecule has 0 saturated heterocycles. The Morgan fingerprint density at radius 3 is 2.73 bits per heavy atom. The molecule has 0 fully saturated rings. The van der Waals surface area contributed by atoms with Gasteiger partial charge in [0.1, 0.15) is 11.3 Å². The summed E-state index contributed by atoms with van der Waals surface area (Å²) < 4.78 is 1.91. The van der Waals surface area contributed by atoms with E-state index in [0.717, 1.165) is 54.7 Å². The quantitative estimate of drug-likeness (QED) is 0.309. The molecule has 4 aromatic rings. The Balaban J connectivity index is 1.34. The van der Waals surface area contributed by atoms with Crippen molar-refractivity contribution in [2.75, 3.05) is 0 Å². The Bertz CT molecular complexity index is 1200. The van der Waals surface area contributed by atoms with E-state index in [1.54, 1.807) is 12.4 Å². The van der Waals surface area contributed by atoms with Crippen LogP contribution >= 0.6 is 0 Å². The number of aryl methyl sites for hydroxylation is 2. The van der Waals surface area contributed by atoms with Crippen molar-refractivity contribution in [3.63, 3.8) is 0 Å². The van der Waals surface area contributed by atoms with E-state index < -0.39 is 0 Å². The summed E-state index contributed by atoms with van der Waals surface area (Å²) in [5.74, 6) is 0.590. The number of aromatic nitrogens is 5. The van der Waals surface area contributed by atoms with Gasteiger partial charge in [-0.05, 0) is 49.3 Å². The lowest BCUT2D eigenvalue weighted by molar-refractivity contribution is -0.119. The molecular formula is C27H31N5O. The molecule has 0 amide bonds. The molecule has 0 aliphatic carbocycles. The summed E-state index contributed by atoms with van der Waals surface area (Å²) in [6.07, 6.45) is 10.7. The summed E-state index contributed by atoms with van der Waals surface area (Å²) in [5.41, 5.74) is 5.06. The summed E-state index contributed by atoms with van der Waals surface area (Å²) in [4.78, 5) is 26.5. The van der Waals surface area contributed by atoms with Gasteiger partial charge in [0.2, 0.25) is 0 Å². The fraction of sp³-hybridized carbons (Fsp3) is 0.370. The number of carbonyl (C=O) groups excluding carboxylic acids is 1. The molecule has 0 radical (unpaired) electrons. The minimum absolute atomic E-state index is 0.221. The van der Waals surface area contributed by atoms with E-state index in [0.29, 0.717) is 24.4 Å². The molecule has 0 unspecified atom stereocenters. The fourth-order valence-corrected chi connectivity index (χ4v) is 4.09. The number of pyridine rings is 1. The van der Waals surface area contributed by atoms with E-state index in [2.05, 4.69) is 58.2 Å². The molecule has 170 valence electrons. The lowest BCUT2D eigenvalue weighted by Gasteiger charge is -2.10. The Labute approximate surface area is 195 Å². The van der Waals surface area contributed by atoms with Crippen molar-refractivity contribution in [3.05, 3.63) is 72.3 Å². The number of ketones is 1. The van der Waals surface area contributed by atoms with Crippen LogP contribution in [0.5, 0.6) is 0 Å². The number of nitrogens with zero attached hydrogens (tertiary/aromatic N) is 5. The molecule has 3 aromatic heterocycles. The Morgan fingerprint density at radius 1 is 1.06 bits per heavy atom. The summed E-state index contributed by atoms with van der Waals surface area (Å²) in [6, 6.07) is 14.3. The van der Waals surface area contributed by atoms with Gasteiger partial charge in [-0.2, -0.15) is 5.10 Å². The van der Waals surface area contributed by atoms with Crippen LogP contribution in [-0.4, -0.2) is 30.5 Å². The van der Waals surface area contributed by atoms with Gasteiger partial charge in [0.05, 0.1) is 23.8 Å². The van der Waals surface area contributed by atoms with E-state index in [1.165, 1.54) is 5.56 Å². The van der Waals surface area contributed by atoms with Crippen molar-refractivity contribution in [1.29, 1.82) is 0 Å². The SMILES string of the molecule is CCCn1cc(-c2cnc3ccc(CC(=O)C[C@H](C)CCCc4ccccc4)nc3n2)cn1. The molecule has 0 bridgehead atoms. The average Bonchev–Trinajstić information content (AvgIpc) is 3.28. The highest BCUT2D eigenvalue weighted by atomic mass is 16.1. The molecule has 6 nitrogen and oxygen atoms in total. The number of hydrogen-bond acceptors (Lipinski definition) is 5. The maximum Gasteiger partial charge on any atom is 0.179 e. The number of rotatable bonds is 11. The first-order valence-corrected chi connectivity index (χ1v) is 11.8. The third-order valence-electron chi connectivity index (χ3n) is 5.81. The largest absolute Gasteiger partial charge is 0.299 e. The van der Waals surface area contributed by atoms with Gasteiger partial charge < -0.3 is 0 Å². The van der Waals surface area contributed by atoms with Crippen molar-refractivity contribution in [3.8, 4) is 11.3 Å². The molecule has 3 heterocycles. The standard InChI is InChI=1S/C27H31N5O/c1-3-14-32-19-22(17-29-32)26-18-28-25-13-12-23(30-27(25)31-26)16-24(33)15-20(2)8-7-11-21-9-5-4-6-10-21/h4-6,9-10,12-13,17-20H,3,7-8,11,14-16H2,1-2H3/t20-/m1/s1. The Hall–Kier alpha value is -3.41. The van der Waals surface area contributed by atoms with Crippen LogP contribution in [0, 0.1) is 5.92 Å². The van der Waals surface area contributed by atoms with Gasteiger partial charge in [0, 0.05) is 31.1 Å². The van der Waals surface area contributed by atoms with Crippen molar-refractivity contribution in [1.82, 2.24) is 24.7 Å². The predicted molar refractivity (Wildman–Crippen MR) is 131 cm³/mol. The first kappa shape index (κ1) is 22.8. The number of benzene rings is 1. The molecule has 0 saturated carbocycles. The van der Waals surface area contributed by atoms with Crippen LogP contribution < -0.4 is 0 Å². The topological polar surface area (TPSA) is 73.6 Å². The molecule has 6 heteroatoms. The van der Waals surface area contributed by atoms with Crippen LogP contribution in [-0.2, 0) is 24.2 Å². The molecular weight excluding hydrogens is 410 g/mol. The second-order valence-electron chi connectivity index (χ2n) is 8.80. The molecule has 0 aliphatic rings. The highest BCUT2D eigenvalue weighted by molar-refractivity contribution is 5.81. The molecule has 1 aromatic carbocycles. The Kier molecular flexibility index (Phi) is 7.55. The summed E-state index contributed by atoms with van der Waals surface area (Å²) in [6.45, 7) is 5.15. The van der Waals surface area contributed by atoms with E-state index >= 15 is 0 Å². The van der Waals surface area contributed by atoms with Crippen LogP contribution in [0.15, 0.2) is 61.1 Å². The third kappa shape index (κ3) is 6.31. The number of Topliss-reactive ketones (excluding diaryl/α,β-unsaturated/α-hetero) is 1. The van der Waals surface area contributed by atoms with Crippen LogP contribution in [0.4, 0.5) is 0 Å². The van der Waals surface area contributed by atoms with E-state index in [1.807, 2.05) is 29.1 Å². The molecule has 4 rings (SSSR count). The monoisotopic (exact) mass is 441 g/mol. The minimum atomic E-state index is 0.221. The second kappa shape index (κ2) is 10.9. The molecule has 0 N–H and O–H groups in total. The summed E-state index contributed by atoms with van der Waals surface area (Å²) in [7, 11) is 0. The van der Waals surface area contributed by atoms with Crippen molar-refractivity contribution in [2.45, 2.75) is 58.9 Å². The number of carbonyl (C=O) groups is 1. The predicted octanol–water partition coefficient (Wildman–Crippen LogP) is 5.46. The maximum atomic E-state index is 12.7. The fourth-order valence-electron chi connectivity index (χ4n) is 4.09. The summed E-state index contributed by atoms with van der Waals surface area (Å²) in [5, 5.41) is 4.37. The van der Waals surface area contributed by atoms with Gasteiger partial charge in [-0.1, -0.05) is 44.2 Å². The van der Waals surface area contributed by atoms with Crippen molar-refractivity contribution >= 4 is 16.9 Å². The first-order valence-electron chi connectivity index (χ1n) is 11.8. The highest BCUT2D eigenvalue weighted by Gasteiger charge is 2.13. The lowest BCUT2D eigenvalue weighted by atomic mass is 9.95. The van der Waals surface area contributed by atoms with Gasteiger partial charge >= 0.3 is 0 Å². The smallest absolute Gasteiger partial charge is 0.179 e. The normalized spacial score (nSPS) is 12.2. The van der Waals surface area contributed by atoms with Gasteiger partial charge in [-0.3, -0.25) is 14.5 Å². The zero-order valence-electron chi connectivity index (χ0n) is 19.4. The zero-order chi connectivity index (χ0) is 23.0. The lowest BCUT2D eigenvalue weighted by Crippen LogP contribution is -2.10. The van der Waals surface area contributed by atoms with Crippen LogP contribution in [0.25, 0.3) is 22.4 Å². The van der Waals surface area contributed by atoms with Gasteiger partial charge in [-0.25, -0.2) is 9.97 Å². The highest BCUT2D eigenvalue weighted by Crippen LogP contribution is 2.19. The molecule has 1 atom stereocenters. The average molecular weight is 442 g/mol. The minimum Gasteiger partial charge on any atom is -0.299 e. The summed E-state index contributed by atoms with van der Waals surface area (Å²) >= 11 is 0. The van der Waals surface area contributed by atoms with E-state index in [-0.39, 0.29) is 5.78 Å². The number of hydrogen-bond donors (Lipinski definition) is 0. The zero-order valence-corrected chi connectivity index (χ0v) is 19.4. The van der Waals surface area contributed by atoms with Crippen molar-refractivity contribution in [2.24, 2.45) is 5.92 Å². The Morgan fingerprint density at radius 2 is 1.91 bits per heavy atom. The third-order valence-corrected chi connectivity index (χ3v) is 5.81. The van der Waals surface area contributed by atoms with E-state index in [9.17, 15) is 4.79 Å². The molecule has 33 heavy (non-hydrogen) atoms. The molecule has 0 aliphatic heterocycles. The molecule has 0 spiro atoms. The van der Waals surface area contributed by atoms with Gasteiger partial charge in [0.25, 0.3) is 0 Å². The van der Waals surface area contributed by atoms with Crippen LogP contribution in [0.3, 0.4) is 0 Å². The van der Waals surface area contributed by atoms with Gasteiger partial charge in [0.15, 0.2) is 5.65 Å².